The smallest absolute Gasteiger partial charge is 0.132 e. The SMILES string of the molecule is c1cc(N(C2CC2)C2CCN(Cc3cc4n(n3)CCC4)CC2)ncn1. The molecule has 132 valence electrons. The van der Waals surface area contributed by atoms with Gasteiger partial charge in [-0.1, -0.05) is 0 Å². The Balaban J connectivity index is 1.21. The molecular formula is C19H26N6. The Morgan fingerprint density at radius 3 is 2.64 bits per heavy atom. The van der Waals surface area contributed by atoms with Crippen molar-refractivity contribution in [2.24, 2.45) is 0 Å². The standard InChI is InChI=1S/C19H26N6/c1-2-18-12-15(22-24(18)9-1)13-23-10-6-17(7-11-23)25(16-3-4-16)19-5-8-20-14-21-19/h5,8,12,14,16-17H,1-4,6-7,9-11,13H2. The van der Waals surface area contributed by atoms with Crippen LogP contribution in [0.1, 0.15) is 43.5 Å². The van der Waals surface area contributed by atoms with Crippen LogP contribution in [0.25, 0.3) is 0 Å². The number of hydrogen-bond donors (Lipinski definition) is 0. The predicted octanol–water partition coefficient (Wildman–Crippen LogP) is 2.25. The van der Waals surface area contributed by atoms with Gasteiger partial charge in [0.05, 0.1) is 5.69 Å². The second-order valence-electron chi connectivity index (χ2n) is 7.67. The molecule has 0 aromatic carbocycles. The molecule has 2 aliphatic heterocycles. The van der Waals surface area contributed by atoms with Crippen LogP contribution in [0, 0.1) is 0 Å². The highest BCUT2D eigenvalue weighted by atomic mass is 15.3. The Morgan fingerprint density at radius 1 is 1.08 bits per heavy atom. The topological polar surface area (TPSA) is 50.1 Å². The number of likely N-dealkylation sites (tertiary alicyclic amines) is 1. The molecule has 6 nitrogen and oxygen atoms in total. The zero-order valence-electron chi connectivity index (χ0n) is 14.7. The summed E-state index contributed by atoms with van der Waals surface area (Å²) < 4.78 is 2.20. The van der Waals surface area contributed by atoms with Gasteiger partial charge in [0.2, 0.25) is 0 Å². The van der Waals surface area contributed by atoms with Crippen LogP contribution in [0.4, 0.5) is 5.82 Å². The molecule has 1 aliphatic carbocycles. The fraction of sp³-hybridized carbons (Fsp3) is 0.632. The Hall–Kier alpha value is -1.95. The lowest BCUT2D eigenvalue weighted by Crippen LogP contribution is -2.46. The van der Waals surface area contributed by atoms with Crippen LogP contribution in [-0.4, -0.2) is 49.8 Å². The Morgan fingerprint density at radius 2 is 1.92 bits per heavy atom. The summed E-state index contributed by atoms with van der Waals surface area (Å²) >= 11 is 0. The maximum Gasteiger partial charge on any atom is 0.132 e. The van der Waals surface area contributed by atoms with Gasteiger partial charge in [0, 0.05) is 50.2 Å². The summed E-state index contributed by atoms with van der Waals surface area (Å²) in [6, 6.07) is 5.70. The lowest BCUT2D eigenvalue weighted by molar-refractivity contribution is 0.198. The van der Waals surface area contributed by atoms with Crippen molar-refractivity contribution in [3.63, 3.8) is 0 Å². The average Bonchev–Trinajstić information content (AvgIpc) is 3.25. The summed E-state index contributed by atoms with van der Waals surface area (Å²) in [5.41, 5.74) is 2.68. The molecule has 1 saturated heterocycles. The van der Waals surface area contributed by atoms with Crippen molar-refractivity contribution in [3.8, 4) is 0 Å². The number of nitrogens with zero attached hydrogens (tertiary/aromatic N) is 6. The molecule has 1 saturated carbocycles. The second-order valence-corrected chi connectivity index (χ2v) is 7.67. The van der Waals surface area contributed by atoms with E-state index >= 15 is 0 Å². The fourth-order valence-corrected chi connectivity index (χ4v) is 4.44. The molecule has 5 rings (SSSR count). The maximum atomic E-state index is 4.77. The number of fused-ring (bicyclic) bond motifs is 1. The van der Waals surface area contributed by atoms with Gasteiger partial charge in [-0.05, 0) is 50.7 Å². The van der Waals surface area contributed by atoms with Crippen LogP contribution in [-0.2, 0) is 19.5 Å². The van der Waals surface area contributed by atoms with E-state index in [1.807, 2.05) is 6.20 Å². The number of aryl methyl sites for hydroxylation is 2. The minimum absolute atomic E-state index is 0.616. The van der Waals surface area contributed by atoms with Crippen molar-refractivity contribution < 1.29 is 0 Å². The Labute approximate surface area is 148 Å². The van der Waals surface area contributed by atoms with Crippen LogP contribution in [0.3, 0.4) is 0 Å². The van der Waals surface area contributed by atoms with Crippen molar-refractivity contribution in [1.82, 2.24) is 24.6 Å². The van der Waals surface area contributed by atoms with E-state index in [-0.39, 0.29) is 0 Å². The highest BCUT2D eigenvalue weighted by Gasteiger charge is 2.36. The normalized spacial score (nSPS) is 21.4. The van der Waals surface area contributed by atoms with Crippen molar-refractivity contribution >= 4 is 5.82 Å². The van der Waals surface area contributed by atoms with Gasteiger partial charge in [-0.15, -0.1) is 0 Å². The highest BCUT2D eigenvalue weighted by Crippen LogP contribution is 2.35. The van der Waals surface area contributed by atoms with Gasteiger partial charge in [0.15, 0.2) is 0 Å². The van der Waals surface area contributed by atoms with E-state index in [2.05, 4.69) is 36.6 Å². The van der Waals surface area contributed by atoms with Crippen molar-refractivity contribution in [2.75, 3.05) is 18.0 Å². The molecule has 0 unspecified atom stereocenters. The molecule has 2 aromatic rings. The minimum Gasteiger partial charge on any atom is -0.350 e. The highest BCUT2D eigenvalue weighted by molar-refractivity contribution is 5.41. The molecule has 3 aliphatic rings. The van der Waals surface area contributed by atoms with Gasteiger partial charge in [-0.25, -0.2) is 9.97 Å². The van der Waals surface area contributed by atoms with E-state index in [1.165, 1.54) is 49.9 Å². The second kappa shape index (κ2) is 6.41. The van der Waals surface area contributed by atoms with Gasteiger partial charge < -0.3 is 4.90 Å². The first-order valence-electron chi connectivity index (χ1n) is 9.69. The molecule has 0 spiro atoms. The van der Waals surface area contributed by atoms with Crippen LogP contribution >= 0.6 is 0 Å². The van der Waals surface area contributed by atoms with Crippen LogP contribution < -0.4 is 4.90 Å². The summed E-state index contributed by atoms with van der Waals surface area (Å²) in [6.07, 6.45) is 11.1. The van der Waals surface area contributed by atoms with Gasteiger partial charge >= 0.3 is 0 Å². The van der Waals surface area contributed by atoms with E-state index in [9.17, 15) is 0 Å². The molecule has 0 amide bonds. The van der Waals surface area contributed by atoms with Crippen LogP contribution in [0.5, 0.6) is 0 Å². The van der Waals surface area contributed by atoms with E-state index in [0.717, 1.165) is 32.0 Å². The van der Waals surface area contributed by atoms with E-state index in [4.69, 9.17) is 5.10 Å². The van der Waals surface area contributed by atoms with E-state index < -0.39 is 0 Å². The summed E-state index contributed by atoms with van der Waals surface area (Å²) in [5.74, 6) is 1.11. The van der Waals surface area contributed by atoms with E-state index in [1.54, 1.807) is 6.33 Å². The number of hydrogen-bond acceptors (Lipinski definition) is 5. The molecule has 0 radical (unpaired) electrons. The fourth-order valence-electron chi connectivity index (χ4n) is 4.44. The van der Waals surface area contributed by atoms with Crippen molar-refractivity contribution in [2.45, 2.75) is 63.7 Å². The van der Waals surface area contributed by atoms with Crippen molar-refractivity contribution in [1.29, 1.82) is 0 Å². The third-order valence-electron chi connectivity index (χ3n) is 5.82. The monoisotopic (exact) mass is 338 g/mol. The molecule has 0 N–H and O–H groups in total. The summed E-state index contributed by atoms with van der Waals surface area (Å²) in [7, 11) is 0. The summed E-state index contributed by atoms with van der Waals surface area (Å²) in [4.78, 5) is 13.7. The Kier molecular flexibility index (Phi) is 3.93. The lowest BCUT2D eigenvalue weighted by Gasteiger charge is -2.39. The predicted molar refractivity (Wildman–Crippen MR) is 96.4 cm³/mol. The summed E-state index contributed by atoms with van der Waals surface area (Å²) in [6.45, 7) is 4.42. The zero-order valence-corrected chi connectivity index (χ0v) is 14.7. The van der Waals surface area contributed by atoms with Gasteiger partial charge in [0.1, 0.15) is 12.1 Å². The molecule has 2 fully saturated rings. The third-order valence-corrected chi connectivity index (χ3v) is 5.82. The first-order chi connectivity index (χ1) is 12.4. The van der Waals surface area contributed by atoms with Crippen molar-refractivity contribution in [3.05, 3.63) is 36.0 Å². The van der Waals surface area contributed by atoms with Crippen LogP contribution in [0.2, 0.25) is 0 Å². The summed E-state index contributed by atoms with van der Waals surface area (Å²) in [5, 5.41) is 4.77. The average molecular weight is 338 g/mol. The number of piperidine rings is 1. The minimum atomic E-state index is 0.616. The first kappa shape index (κ1) is 15.3. The molecule has 0 atom stereocenters. The zero-order chi connectivity index (χ0) is 16.6. The molecule has 0 bridgehead atoms. The molecule has 6 heteroatoms. The van der Waals surface area contributed by atoms with E-state index in [0.29, 0.717) is 12.1 Å². The maximum absolute atomic E-state index is 4.77. The Bertz CT molecular complexity index is 693. The van der Waals surface area contributed by atoms with Gasteiger partial charge in [0.25, 0.3) is 0 Å². The molecule has 2 aromatic heterocycles. The van der Waals surface area contributed by atoms with Gasteiger partial charge in [-0.2, -0.15) is 5.10 Å². The number of aromatic nitrogens is 4. The molecule has 4 heterocycles. The lowest BCUT2D eigenvalue weighted by atomic mass is 10.0. The quantitative estimate of drug-likeness (QED) is 0.837. The number of rotatable bonds is 5. The largest absolute Gasteiger partial charge is 0.350 e. The number of anilines is 1. The molecular weight excluding hydrogens is 312 g/mol. The van der Waals surface area contributed by atoms with Crippen LogP contribution in [0.15, 0.2) is 24.7 Å². The molecule has 25 heavy (non-hydrogen) atoms. The van der Waals surface area contributed by atoms with Gasteiger partial charge in [-0.3, -0.25) is 9.58 Å². The third kappa shape index (κ3) is 3.15. The first-order valence-corrected chi connectivity index (χ1v) is 9.69.